The van der Waals surface area contributed by atoms with Crippen molar-refractivity contribution in [3.63, 3.8) is 0 Å². The van der Waals surface area contributed by atoms with Gasteiger partial charge in [-0.15, -0.1) is 0 Å². The average Bonchev–Trinajstić information content (AvgIpc) is 3.53. The molecule has 6 heteroatoms. The minimum absolute atomic E-state index is 0.127. The van der Waals surface area contributed by atoms with Crippen molar-refractivity contribution in [3.8, 4) is 5.75 Å². The highest BCUT2D eigenvalue weighted by Gasteiger charge is 2.34. The highest BCUT2D eigenvalue weighted by molar-refractivity contribution is 5.81. The lowest BCUT2D eigenvalue weighted by Crippen LogP contribution is -2.36. The van der Waals surface area contributed by atoms with Crippen LogP contribution in [0, 0.1) is 11.8 Å². The van der Waals surface area contributed by atoms with Crippen LogP contribution < -0.4 is 10.3 Å². The van der Waals surface area contributed by atoms with Crippen LogP contribution in [-0.4, -0.2) is 34.4 Å². The van der Waals surface area contributed by atoms with E-state index in [0.29, 0.717) is 43.2 Å². The van der Waals surface area contributed by atoms with E-state index >= 15 is 0 Å². The molecule has 0 atom stereocenters. The number of ether oxygens (including phenoxy) is 1. The number of carbonyl (C=O) groups is 1. The van der Waals surface area contributed by atoms with Gasteiger partial charge < -0.3 is 14.6 Å². The molecule has 0 aliphatic heterocycles. The number of rotatable bonds is 9. The molecule has 1 saturated carbocycles. The van der Waals surface area contributed by atoms with Gasteiger partial charge in [-0.1, -0.05) is 32.9 Å². The van der Waals surface area contributed by atoms with Crippen LogP contribution in [0.25, 0.3) is 0 Å². The van der Waals surface area contributed by atoms with Crippen LogP contribution in [-0.2, 0) is 24.2 Å². The van der Waals surface area contributed by atoms with Gasteiger partial charge in [0.1, 0.15) is 11.6 Å². The first-order valence-electron chi connectivity index (χ1n) is 10.4. The Kier molecular flexibility index (Phi) is 6.72. The van der Waals surface area contributed by atoms with Crippen molar-refractivity contribution in [2.45, 2.75) is 53.0 Å². The van der Waals surface area contributed by atoms with Crippen LogP contribution in [0.1, 0.15) is 56.3 Å². The van der Waals surface area contributed by atoms with E-state index in [4.69, 9.17) is 9.72 Å². The maximum atomic E-state index is 12.9. The van der Waals surface area contributed by atoms with Gasteiger partial charge in [0, 0.05) is 24.4 Å². The molecule has 29 heavy (non-hydrogen) atoms. The largest absolute Gasteiger partial charge is 0.497 e. The van der Waals surface area contributed by atoms with Gasteiger partial charge in [0.05, 0.1) is 19.3 Å². The van der Waals surface area contributed by atoms with Gasteiger partial charge >= 0.3 is 0 Å². The van der Waals surface area contributed by atoms with Gasteiger partial charge in [0.2, 0.25) is 5.91 Å². The molecule has 1 aliphatic rings. The van der Waals surface area contributed by atoms with E-state index in [2.05, 4.69) is 18.8 Å². The van der Waals surface area contributed by atoms with Crippen molar-refractivity contribution in [1.82, 2.24) is 14.9 Å². The van der Waals surface area contributed by atoms with Crippen LogP contribution in [0.3, 0.4) is 0 Å². The summed E-state index contributed by atoms with van der Waals surface area (Å²) in [6.45, 7) is 7.22. The van der Waals surface area contributed by atoms with Crippen LogP contribution in [0.5, 0.6) is 5.75 Å². The summed E-state index contributed by atoms with van der Waals surface area (Å²) >= 11 is 0. The maximum Gasteiger partial charge on any atom is 0.254 e. The molecule has 0 unspecified atom stereocenters. The third-order valence-corrected chi connectivity index (χ3v) is 5.16. The molecule has 1 aromatic carbocycles. The van der Waals surface area contributed by atoms with E-state index in [9.17, 15) is 9.59 Å². The fourth-order valence-corrected chi connectivity index (χ4v) is 3.57. The quantitative estimate of drug-likeness (QED) is 0.704. The predicted molar refractivity (Wildman–Crippen MR) is 113 cm³/mol. The average molecular weight is 398 g/mol. The zero-order valence-corrected chi connectivity index (χ0v) is 17.8. The molecule has 0 saturated heterocycles. The molecule has 0 bridgehead atoms. The first-order chi connectivity index (χ1) is 13.9. The minimum Gasteiger partial charge on any atom is -0.497 e. The second kappa shape index (κ2) is 9.25. The number of benzene rings is 1. The summed E-state index contributed by atoms with van der Waals surface area (Å²) in [6.07, 6.45) is 3.10. The number of aromatic amines is 1. The Hall–Kier alpha value is -2.63. The third-order valence-electron chi connectivity index (χ3n) is 5.16. The highest BCUT2D eigenvalue weighted by atomic mass is 16.5. The van der Waals surface area contributed by atoms with Gasteiger partial charge in [0.15, 0.2) is 0 Å². The first kappa shape index (κ1) is 21.1. The van der Waals surface area contributed by atoms with E-state index < -0.39 is 0 Å². The van der Waals surface area contributed by atoms with Crippen molar-refractivity contribution in [3.05, 3.63) is 57.3 Å². The SMILES string of the molecule is CCc1nc(CN(CC(C)C)C(=O)C2CC2)[nH]c(=O)c1Cc1cccc(OC)c1. The topological polar surface area (TPSA) is 75.3 Å². The van der Waals surface area contributed by atoms with Crippen LogP contribution >= 0.6 is 0 Å². The fourth-order valence-electron chi connectivity index (χ4n) is 3.57. The van der Waals surface area contributed by atoms with E-state index in [-0.39, 0.29) is 17.4 Å². The summed E-state index contributed by atoms with van der Waals surface area (Å²) in [5, 5.41) is 0. The van der Waals surface area contributed by atoms with Crippen molar-refractivity contribution >= 4 is 5.91 Å². The Morgan fingerprint density at radius 3 is 2.72 bits per heavy atom. The van der Waals surface area contributed by atoms with E-state index in [1.54, 1.807) is 7.11 Å². The second-order valence-corrected chi connectivity index (χ2v) is 8.21. The zero-order valence-electron chi connectivity index (χ0n) is 17.8. The predicted octanol–water partition coefficient (Wildman–Crippen LogP) is 3.33. The van der Waals surface area contributed by atoms with E-state index in [1.165, 1.54) is 0 Å². The summed E-state index contributed by atoms with van der Waals surface area (Å²) in [5.41, 5.74) is 2.34. The first-order valence-corrected chi connectivity index (χ1v) is 10.4. The molecule has 156 valence electrons. The van der Waals surface area contributed by atoms with Gasteiger partial charge in [-0.3, -0.25) is 9.59 Å². The summed E-state index contributed by atoms with van der Waals surface area (Å²) < 4.78 is 5.28. The maximum absolute atomic E-state index is 12.9. The van der Waals surface area contributed by atoms with Crippen LogP contribution in [0.15, 0.2) is 29.1 Å². The molecule has 1 amide bonds. The molecule has 1 heterocycles. The zero-order chi connectivity index (χ0) is 21.0. The van der Waals surface area contributed by atoms with E-state index in [0.717, 1.165) is 29.8 Å². The monoisotopic (exact) mass is 397 g/mol. The molecule has 1 aliphatic carbocycles. The number of methoxy groups -OCH3 is 1. The molecular formula is C23H31N3O3. The normalized spacial score (nSPS) is 13.6. The Balaban J connectivity index is 1.84. The molecule has 3 rings (SSSR count). The van der Waals surface area contributed by atoms with E-state index in [1.807, 2.05) is 36.1 Å². The molecule has 0 spiro atoms. The van der Waals surface area contributed by atoms with Gasteiger partial charge in [0.25, 0.3) is 5.56 Å². The molecule has 1 N–H and O–H groups in total. The van der Waals surface area contributed by atoms with Crippen LogP contribution in [0.2, 0.25) is 0 Å². The van der Waals surface area contributed by atoms with Gasteiger partial charge in [-0.05, 0) is 42.9 Å². The molecule has 6 nitrogen and oxygen atoms in total. The lowest BCUT2D eigenvalue weighted by Gasteiger charge is -2.24. The number of amides is 1. The number of hydrogen-bond acceptors (Lipinski definition) is 4. The number of nitrogens with zero attached hydrogens (tertiary/aromatic N) is 2. The smallest absolute Gasteiger partial charge is 0.254 e. The molecule has 1 fully saturated rings. The Morgan fingerprint density at radius 2 is 2.10 bits per heavy atom. The van der Waals surface area contributed by atoms with Gasteiger partial charge in [-0.25, -0.2) is 4.98 Å². The Morgan fingerprint density at radius 1 is 1.34 bits per heavy atom. The molecule has 1 aromatic heterocycles. The molecule has 0 radical (unpaired) electrons. The number of hydrogen-bond donors (Lipinski definition) is 1. The number of aryl methyl sites for hydroxylation is 1. The van der Waals surface area contributed by atoms with Crippen molar-refractivity contribution in [1.29, 1.82) is 0 Å². The van der Waals surface area contributed by atoms with Crippen molar-refractivity contribution in [2.24, 2.45) is 11.8 Å². The van der Waals surface area contributed by atoms with Gasteiger partial charge in [-0.2, -0.15) is 0 Å². The number of nitrogens with one attached hydrogen (secondary N) is 1. The number of aromatic nitrogens is 2. The molecule has 2 aromatic rings. The summed E-state index contributed by atoms with van der Waals surface area (Å²) in [5.74, 6) is 2.03. The summed E-state index contributed by atoms with van der Waals surface area (Å²) in [7, 11) is 1.63. The number of H-pyrrole nitrogens is 1. The second-order valence-electron chi connectivity index (χ2n) is 8.21. The third kappa shape index (κ3) is 5.46. The van der Waals surface area contributed by atoms with Crippen molar-refractivity contribution in [2.75, 3.05) is 13.7 Å². The Labute approximate surface area is 172 Å². The standard InChI is InChI=1S/C23H31N3O3/c1-5-20-19(12-16-7-6-8-18(11-16)29-4)22(27)25-21(24-20)14-26(13-15(2)3)23(28)17-9-10-17/h6-8,11,15,17H,5,9-10,12-14H2,1-4H3,(H,24,25,27). The van der Waals surface area contributed by atoms with Crippen molar-refractivity contribution < 1.29 is 9.53 Å². The lowest BCUT2D eigenvalue weighted by molar-refractivity contribution is -0.133. The fraction of sp³-hybridized carbons (Fsp3) is 0.522. The van der Waals surface area contributed by atoms with Crippen LogP contribution in [0.4, 0.5) is 0 Å². The Bertz CT molecular complexity index is 916. The molecular weight excluding hydrogens is 366 g/mol. The lowest BCUT2D eigenvalue weighted by atomic mass is 10.0. The minimum atomic E-state index is -0.127. The summed E-state index contributed by atoms with van der Waals surface area (Å²) in [4.78, 5) is 35.0. The highest BCUT2D eigenvalue weighted by Crippen LogP contribution is 2.31. The number of carbonyl (C=O) groups excluding carboxylic acids is 1. The summed E-state index contributed by atoms with van der Waals surface area (Å²) in [6, 6.07) is 7.72.